The van der Waals surface area contributed by atoms with E-state index in [4.69, 9.17) is 0 Å². The maximum atomic E-state index is 11.9. The van der Waals surface area contributed by atoms with Crippen molar-refractivity contribution in [3.8, 4) is 0 Å². The second kappa shape index (κ2) is 7.76. The zero-order chi connectivity index (χ0) is 15.3. The third kappa shape index (κ3) is 4.81. The maximum absolute atomic E-state index is 11.9. The summed E-state index contributed by atoms with van der Waals surface area (Å²) in [6, 6.07) is 0.750. The molecule has 0 aliphatic heterocycles. The second-order valence-electron chi connectivity index (χ2n) is 8.25. The van der Waals surface area contributed by atoms with E-state index in [1.165, 1.54) is 57.8 Å². The first-order chi connectivity index (χ1) is 10.0. The molecule has 0 heterocycles. The lowest BCUT2D eigenvalue weighted by atomic mass is 9.71. The fourth-order valence-electron chi connectivity index (χ4n) is 4.14. The molecule has 122 valence electrons. The fraction of sp³-hybridized carbons (Fsp3) is 0.947. The Morgan fingerprint density at radius 2 is 1.76 bits per heavy atom. The lowest BCUT2D eigenvalue weighted by molar-refractivity contribution is -0.120. The summed E-state index contributed by atoms with van der Waals surface area (Å²) in [5.74, 6) is 1.57. The van der Waals surface area contributed by atoms with Crippen LogP contribution in [0.2, 0.25) is 0 Å². The largest absolute Gasteiger partial charge is 0.303 e. The molecule has 0 atom stereocenters. The van der Waals surface area contributed by atoms with Gasteiger partial charge in [0, 0.05) is 18.0 Å². The van der Waals surface area contributed by atoms with Crippen molar-refractivity contribution < 1.29 is 4.79 Å². The van der Waals surface area contributed by atoms with Gasteiger partial charge in [-0.25, -0.2) is 0 Å². The van der Waals surface area contributed by atoms with Crippen LogP contribution in [0.4, 0.5) is 0 Å². The van der Waals surface area contributed by atoms with Gasteiger partial charge in [0.25, 0.3) is 0 Å². The molecule has 0 aromatic heterocycles. The highest BCUT2D eigenvalue weighted by Gasteiger charge is 2.37. The minimum Gasteiger partial charge on any atom is -0.303 e. The first kappa shape index (κ1) is 17.0. The van der Waals surface area contributed by atoms with Gasteiger partial charge in [0.05, 0.1) is 0 Å². The van der Waals surface area contributed by atoms with E-state index in [2.05, 4.69) is 25.7 Å². The number of carbonyl (C=O) groups is 1. The van der Waals surface area contributed by atoms with E-state index in [-0.39, 0.29) is 5.41 Å². The van der Waals surface area contributed by atoms with Crippen molar-refractivity contribution in [1.29, 1.82) is 0 Å². The molecule has 0 N–H and O–H groups in total. The molecule has 2 nitrogen and oxygen atoms in total. The van der Waals surface area contributed by atoms with Crippen LogP contribution in [0.5, 0.6) is 0 Å². The molecule has 21 heavy (non-hydrogen) atoms. The number of carbonyl (C=O) groups excluding carboxylic acids is 1. The fourth-order valence-corrected chi connectivity index (χ4v) is 4.14. The van der Waals surface area contributed by atoms with Crippen molar-refractivity contribution in [1.82, 2.24) is 4.90 Å². The minimum atomic E-state index is -0.0356. The zero-order valence-electron chi connectivity index (χ0n) is 14.4. The summed E-state index contributed by atoms with van der Waals surface area (Å²) in [6.07, 6.45) is 12.8. The summed E-state index contributed by atoms with van der Waals surface area (Å²) < 4.78 is 0. The molecule has 0 radical (unpaired) electrons. The molecule has 2 saturated carbocycles. The first-order valence-electron chi connectivity index (χ1n) is 9.25. The highest BCUT2D eigenvalue weighted by Crippen LogP contribution is 2.39. The van der Waals surface area contributed by atoms with Crippen LogP contribution in [0.3, 0.4) is 0 Å². The monoisotopic (exact) mass is 293 g/mol. The second-order valence-corrected chi connectivity index (χ2v) is 8.25. The molecule has 0 amide bonds. The normalized spacial score (nSPS) is 31.2. The average molecular weight is 293 g/mol. The SMILES string of the molecule is CC(C)CCN(CC1(C=O)CCC(C)CC1)C1CCCC1. The number of rotatable bonds is 7. The molecule has 2 aliphatic rings. The van der Waals surface area contributed by atoms with Crippen molar-refractivity contribution in [3.05, 3.63) is 0 Å². The number of hydrogen-bond acceptors (Lipinski definition) is 2. The molecule has 2 fully saturated rings. The smallest absolute Gasteiger partial charge is 0.127 e. The molecule has 0 spiro atoms. The lowest BCUT2D eigenvalue weighted by Gasteiger charge is -2.41. The quantitative estimate of drug-likeness (QED) is 0.636. The highest BCUT2D eigenvalue weighted by molar-refractivity contribution is 5.60. The van der Waals surface area contributed by atoms with Gasteiger partial charge in [-0.1, -0.05) is 33.6 Å². The molecule has 0 unspecified atom stereocenters. The Kier molecular flexibility index (Phi) is 6.28. The molecule has 2 aliphatic carbocycles. The van der Waals surface area contributed by atoms with Crippen molar-refractivity contribution >= 4 is 6.29 Å². The number of hydrogen-bond donors (Lipinski definition) is 0. The van der Waals surface area contributed by atoms with Gasteiger partial charge < -0.3 is 4.79 Å². The third-order valence-corrected chi connectivity index (χ3v) is 5.87. The van der Waals surface area contributed by atoms with Crippen LogP contribution < -0.4 is 0 Å². The van der Waals surface area contributed by atoms with E-state index in [9.17, 15) is 4.79 Å². The van der Waals surface area contributed by atoms with Gasteiger partial charge in [0.2, 0.25) is 0 Å². The molecule has 2 heteroatoms. The summed E-state index contributed by atoms with van der Waals surface area (Å²) in [5.41, 5.74) is -0.0356. The molecule has 0 bridgehead atoms. The minimum absolute atomic E-state index is 0.0356. The van der Waals surface area contributed by atoms with Gasteiger partial charge in [-0.15, -0.1) is 0 Å². The van der Waals surface area contributed by atoms with Gasteiger partial charge in [-0.05, 0) is 63.3 Å². The van der Waals surface area contributed by atoms with Gasteiger partial charge in [-0.2, -0.15) is 0 Å². The van der Waals surface area contributed by atoms with Gasteiger partial charge in [0.15, 0.2) is 0 Å². The Labute approximate surface area is 131 Å². The standard InChI is InChI=1S/C19H35NO/c1-16(2)10-13-20(18-6-4-5-7-18)14-19(15-21)11-8-17(3)9-12-19/h15-18H,4-14H2,1-3H3. The van der Waals surface area contributed by atoms with E-state index in [1.54, 1.807) is 0 Å². The Morgan fingerprint density at radius 3 is 2.29 bits per heavy atom. The highest BCUT2D eigenvalue weighted by atomic mass is 16.1. The first-order valence-corrected chi connectivity index (χ1v) is 9.25. The van der Waals surface area contributed by atoms with Crippen LogP contribution >= 0.6 is 0 Å². The third-order valence-electron chi connectivity index (χ3n) is 5.87. The molecule has 0 aromatic carbocycles. The van der Waals surface area contributed by atoms with Crippen molar-refractivity contribution in [2.75, 3.05) is 13.1 Å². The molecule has 0 aromatic rings. The molecule has 0 saturated heterocycles. The van der Waals surface area contributed by atoms with Crippen molar-refractivity contribution in [3.63, 3.8) is 0 Å². The van der Waals surface area contributed by atoms with Gasteiger partial charge in [-0.3, -0.25) is 4.90 Å². The number of aldehydes is 1. The Morgan fingerprint density at radius 1 is 1.14 bits per heavy atom. The molecule has 2 rings (SSSR count). The Balaban J connectivity index is 1.99. The van der Waals surface area contributed by atoms with Crippen LogP contribution in [0, 0.1) is 17.3 Å². The van der Waals surface area contributed by atoms with Crippen molar-refractivity contribution in [2.45, 2.75) is 84.6 Å². The lowest BCUT2D eigenvalue weighted by Crippen LogP contribution is -2.45. The summed E-state index contributed by atoms with van der Waals surface area (Å²) >= 11 is 0. The van der Waals surface area contributed by atoms with Gasteiger partial charge >= 0.3 is 0 Å². The zero-order valence-corrected chi connectivity index (χ0v) is 14.4. The number of nitrogens with zero attached hydrogens (tertiary/aromatic N) is 1. The predicted molar refractivity (Wildman–Crippen MR) is 89.4 cm³/mol. The molecular weight excluding hydrogens is 258 g/mol. The predicted octanol–water partition coefficient (Wildman–Crippen LogP) is 4.67. The Hall–Kier alpha value is -0.370. The van der Waals surface area contributed by atoms with Crippen LogP contribution in [-0.4, -0.2) is 30.3 Å². The van der Waals surface area contributed by atoms with Crippen molar-refractivity contribution in [2.24, 2.45) is 17.3 Å². The summed E-state index contributed by atoms with van der Waals surface area (Å²) in [7, 11) is 0. The van der Waals surface area contributed by atoms with E-state index < -0.39 is 0 Å². The summed E-state index contributed by atoms with van der Waals surface area (Å²) in [6.45, 7) is 9.17. The van der Waals surface area contributed by atoms with Crippen LogP contribution in [0.15, 0.2) is 0 Å². The van der Waals surface area contributed by atoms with E-state index >= 15 is 0 Å². The Bertz CT molecular complexity index is 312. The van der Waals surface area contributed by atoms with E-state index in [0.29, 0.717) is 0 Å². The van der Waals surface area contributed by atoms with E-state index in [1.807, 2.05) is 0 Å². The van der Waals surface area contributed by atoms with Crippen LogP contribution in [0.25, 0.3) is 0 Å². The average Bonchev–Trinajstić information content (AvgIpc) is 3.00. The van der Waals surface area contributed by atoms with Gasteiger partial charge in [0.1, 0.15) is 6.29 Å². The maximum Gasteiger partial charge on any atom is 0.127 e. The summed E-state index contributed by atoms with van der Waals surface area (Å²) in [4.78, 5) is 14.5. The van der Waals surface area contributed by atoms with Crippen LogP contribution in [-0.2, 0) is 4.79 Å². The summed E-state index contributed by atoms with van der Waals surface area (Å²) in [5, 5.41) is 0. The topological polar surface area (TPSA) is 20.3 Å². The molecular formula is C19H35NO. The van der Waals surface area contributed by atoms with E-state index in [0.717, 1.165) is 37.3 Å². The van der Waals surface area contributed by atoms with Crippen LogP contribution in [0.1, 0.15) is 78.6 Å².